The molecule has 14 heterocycles. The lowest BCUT2D eigenvalue weighted by Crippen LogP contribution is -2.44. The number of pyridine rings is 6. The molecule has 14 rings (SSSR count). The monoisotopic (exact) mass is 1550 g/mol. The van der Waals surface area contributed by atoms with Crippen molar-refractivity contribution in [3.63, 3.8) is 0 Å². The van der Waals surface area contributed by atoms with Gasteiger partial charge in [0.25, 0.3) is 0 Å². The number of piperidine rings is 4. The van der Waals surface area contributed by atoms with Gasteiger partial charge in [-0.05, 0) is 156 Å². The number of hydrogen-bond donors (Lipinski definition) is 5. The first-order chi connectivity index (χ1) is 53.5. The van der Waals surface area contributed by atoms with E-state index in [1.54, 1.807) is 28.3 Å². The van der Waals surface area contributed by atoms with E-state index in [1.165, 1.54) is 60.8 Å². The number of carbonyl (C=O) groups excluding carboxylic acids is 2. The van der Waals surface area contributed by atoms with Gasteiger partial charge in [0.05, 0.1) is 73.6 Å². The molecule has 9 aromatic heterocycles. The molecule has 4 fully saturated rings. The molecule has 4 saturated heterocycles. The summed E-state index contributed by atoms with van der Waals surface area (Å²) in [6.07, 6.45) is 21.8. The number of aliphatic hydroxyl groups is 1. The number of anilines is 2. The summed E-state index contributed by atoms with van der Waals surface area (Å²) in [5.74, 6) is 2.59. The number of amides is 2. The van der Waals surface area contributed by atoms with Gasteiger partial charge < -0.3 is 59.2 Å². The number of hydrogen-bond acceptors (Lipinski definition) is 24. The number of amidine groups is 1. The molecule has 112 heavy (non-hydrogen) atoms. The lowest BCUT2D eigenvalue weighted by atomic mass is 10.1. The summed E-state index contributed by atoms with van der Waals surface area (Å²) in [5.41, 5.74) is 6.45. The number of aromatic hydroxyl groups is 1. The molecule has 0 saturated carbocycles. The molecule has 596 valence electrons. The van der Waals surface area contributed by atoms with Crippen molar-refractivity contribution in [2.24, 2.45) is 4.99 Å². The third kappa shape index (κ3) is 29.4. The molecule has 0 aliphatic carbocycles. The highest BCUT2D eigenvalue weighted by Gasteiger charge is 2.30. The summed E-state index contributed by atoms with van der Waals surface area (Å²) >= 11 is 0. The maximum Gasteiger partial charge on any atom is 0.410 e. The van der Waals surface area contributed by atoms with Crippen molar-refractivity contribution in [1.82, 2.24) is 75.2 Å². The Morgan fingerprint density at radius 3 is 1.46 bits per heavy atom. The fourth-order valence-corrected chi connectivity index (χ4v) is 11.6. The third-order valence-electron chi connectivity index (χ3n) is 16.9. The van der Waals surface area contributed by atoms with E-state index in [9.17, 15) is 36.6 Å². The number of ether oxygens (including phenoxy) is 5. The van der Waals surface area contributed by atoms with Crippen LogP contribution in [-0.2, 0) is 15.9 Å². The Morgan fingerprint density at radius 2 is 1.02 bits per heavy atom. The molecule has 0 unspecified atom stereocenters. The Labute approximate surface area is 648 Å². The van der Waals surface area contributed by atoms with E-state index in [2.05, 4.69) is 75.6 Å². The van der Waals surface area contributed by atoms with Crippen LogP contribution in [0.25, 0.3) is 22.8 Å². The zero-order valence-electron chi connectivity index (χ0n) is 64.6. The van der Waals surface area contributed by atoms with E-state index in [0.29, 0.717) is 105 Å². The first-order valence-electron chi connectivity index (χ1n) is 37.0. The molecule has 2 amide bonds. The quantitative estimate of drug-likeness (QED) is 0.0560. The number of aromatic amines is 1. The van der Waals surface area contributed by atoms with Crippen LogP contribution in [0.15, 0.2) is 145 Å². The largest absolute Gasteiger partial charge is 0.506 e. The van der Waals surface area contributed by atoms with Crippen LogP contribution in [0.4, 0.5) is 43.2 Å². The van der Waals surface area contributed by atoms with Crippen molar-refractivity contribution in [1.29, 1.82) is 0 Å². The lowest BCUT2D eigenvalue weighted by Gasteiger charge is -2.33. The number of carbonyl (C=O) groups is 2. The SMILES string of the molecule is CC(C)(C)OC(=O)N1CCC(O)CC1.CC(C)(C)OC(=O)N1CCC(Oc2cncc(F)c2)CC1.CC1=CC(Nc2cc(C)nc(-c3ccc(F)nc3)n2)=NC1.Cc1cc(Cc2cc(C)[nH]n2)nc(-c2ccc(N3CCC(Oc4cncc(F)c4)CC3)nc2)n1.Fc1cncc(OC2CCNCC2)c1.Oc1cncc(F)c1. The van der Waals surface area contributed by atoms with Crippen molar-refractivity contribution in [2.45, 2.75) is 163 Å². The van der Waals surface area contributed by atoms with Crippen LogP contribution in [0.5, 0.6) is 23.0 Å². The molecule has 0 radical (unpaired) electrons. The third-order valence-corrected chi connectivity index (χ3v) is 16.9. The molecular weight excluding hydrogens is 1450 g/mol. The van der Waals surface area contributed by atoms with Crippen molar-refractivity contribution in [2.75, 3.05) is 69.1 Å². The van der Waals surface area contributed by atoms with Crippen LogP contribution < -0.4 is 29.7 Å². The van der Waals surface area contributed by atoms with Gasteiger partial charge in [0.1, 0.15) is 93.3 Å². The van der Waals surface area contributed by atoms with E-state index in [0.717, 1.165) is 116 Å². The minimum absolute atomic E-state index is 0.0349. The number of H-pyrrole nitrogens is 1. The highest BCUT2D eigenvalue weighted by molar-refractivity contribution is 6.05. The Hall–Kier alpha value is -11.4. The number of aromatic nitrogens is 12. The molecule has 5 aliphatic rings. The van der Waals surface area contributed by atoms with Gasteiger partial charge in [-0.15, -0.1) is 0 Å². The minimum Gasteiger partial charge on any atom is -0.506 e. The molecule has 0 atom stereocenters. The van der Waals surface area contributed by atoms with Crippen LogP contribution in [0.1, 0.15) is 128 Å². The van der Waals surface area contributed by atoms with E-state index < -0.39 is 28.8 Å². The normalized spacial score (nSPS) is 15.4. The molecule has 0 aromatic carbocycles. The number of likely N-dealkylation sites (tertiary alicyclic amines) is 2. The second kappa shape index (κ2) is 41.0. The molecule has 32 heteroatoms. The Bertz CT molecular complexity index is 4520. The van der Waals surface area contributed by atoms with Crippen molar-refractivity contribution >= 4 is 29.7 Å². The molecule has 27 nitrogen and oxygen atoms in total. The summed E-state index contributed by atoms with van der Waals surface area (Å²) < 4.78 is 91.7. The zero-order valence-corrected chi connectivity index (χ0v) is 64.6. The van der Waals surface area contributed by atoms with Crippen LogP contribution in [-0.4, -0.2) is 193 Å². The van der Waals surface area contributed by atoms with Crippen molar-refractivity contribution < 1.29 is 65.4 Å². The highest BCUT2D eigenvalue weighted by atomic mass is 19.1. The van der Waals surface area contributed by atoms with Crippen molar-refractivity contribution in [3.8, 4) is 45.8 Å². The number of halogens is 5. The van der Waals surface area contributed by atoms with Gasteiger partial charge in [-0.3, -0.25) is 30.0 Å². The zero-order chi connectivity index (χ0) is 80.3. The van der Waals surface area contributed by atoms with E-state index >= 15 is 0 Å². The molecule has 5 N–H and O–H groups in total. The molecular formula is C80H97F5N18O9. The molecule has 9 aromatic rings. The first kappa shape index (κ1) is 84.6. The fourth-order valence-electron chi connectivity index (χ4n) is 11.6. The summed E-state index contributed by atoms with van der Waals surface area (Å²) in [7, 11) is 0. The smallest absolute Gasteiger partial charge is 0.410 e. The predicted molar refractivity (Wildman–Crippen MR) is 411 cm³/mol. The summed E-state index contributed by atoms with van der Waals surface area (Å²) in [5, 5.41) is 31.5. The number of aliphatic imine (C=N–C) groups is 1. The van der Waals surface area contributed by atoms with Gasteiger partial charge in [0, 0.05) is 142 Å². The van der Waals surface area contributed by atoms with Gasteiger partial charge in [-0.25, -0.2) is 57.1 Å². The van der Waals surface area contributed by atoms with Crippen LogP contribution in [0.2, 0.25) is 0 Å². The minimum atomic E-state index is -0.523. The second-order valence-electron chi connectivity index (χ2n) is 29.1. The summed E-state index contributed by atoms with van der Waals surface area (Å²) in [4.78, 5) is 74.5. The van der Waals surface area contributed by atoms with E-state index in [1.807, 2.05) is 112 Å². The van der Waals surface area contributed by atoms with Gasteiger partial charge in [-0.2, -0.15) is 9.49 Å². The molecule has 5 aliphatic heterocycles. The van der Waals surface area contributed by atoms with Gasteiger partial charge in [0.15, 0.2) is 11.6 Å². The first-order valence-corrected chi connectivity index (χ1v) is 37.0. The predicted octanol–water partition coefficient (Wildman–Crippen LogP) is 13.5. The van der Waals surface area contributed by atoms with E-state index in [-0.39, 0.29) is 54.0 Å². The Kier molecular flexibility index (Phi) is 31.0. The number of rotatable bonds is 12. The lowest BCUT2D eigenvalue weighted by molar-refractivity contribution is 0.00957. The Morgan fingerprint density at radius 1 is 0.536 bits per heavy atom. The second-order valence-corrected chi connectivity index (χ2v) is 29.1. The number of nitrogens with zero attached hydrogens (tertiary/aromatic N) is 15. The van der Waals surface area contributed by atoms with Gasteiger partial charge >= 0.3 is 12.2 Å². The van der Waals surface area contributed by atoms with Gasteiger partial charge in [0.2, 0.25) is 5.95 Å². The topological polar surface area (TPSA) is 324 Å². The molecule has 0 spiro atoms. The van der Waals surface area contributed by atoms with Crippen LogP contribution in [0, 0.1) is 50.0 Å². The summed E-state index contributed by atoms with van der Waals surface area (Å²) in [6, 6.07) is 17.8. The average molecular weight is 1550 g/mol. The summed E-state index contributed by atoms with van der Waals surface area (Å²) in [6.45, 7) is 25.5. The highest BCUT2D eigenvalue weighted by Crippen LogP contribution is 2.27. The van der Waals surface area contributed by atoms with Crippen LogP contribution >= 0.6 is 0 Å². The Balaban J connectivity index is 0.000000163. The van der Waals surface area contributed by atoms with Crippen molar-refractivity contribution in [3.05, 3.63) is 198 Å². The maximum absolute atomic E-state index is 13.3. The number of aliphatic hydroxyl groups excluding tert-OH is 1. The molecule has 0 bridgehead atoms. The standard InChI is InChI=1S/C25H26FN7O.C15H14FN5.C15H21FN2O3.C10H13FN2O.C10H19NO3.C5H4FNO/c1-16-9-20(12-21-10-17(2)31-32-21)30-25(29-16)18-3-4-24(28-13-18)33-7-5-22(6-8-33)34-23-11-19(26)14-27-15-23;1-9-5-13(18-7-9)20-14-6-10(2)19-15(21-14)11-3-4-12(16)17-8-11;1-15(2,3)21-14(19)18-6-4-12(5-7-18)20-13-8-11(16)9-17-10-13;11-8-5-10(7-13-6-8)14-9-1-3-12-4-2-9;1-10(2,3)14-9(13)11-6-4-8(12)5-7-11;6-4-1-5(8)3-7-2-4/h3-4,9-11,13-15,22H,5-8,12H2,1-2H3,(H,31,32);3-6,8H,7H2,1-2H3,(H,18,19,20,21);8-10,12H,4-7H2,1-3H3;5-7,9,12H,1-4H2;8,12H,4-7H2,1-3H3;1-3,8H. The van der Waals surface area contributed by atoms with Crippen LogP contribution in [0.3, 0.4) is 0 Å². The maximum atomic E-state index is 13.3. The number of aryl methyl sites for hydroxylation is 3. The number of nitrogens with one attached hydrogen (secondary N) is 3. The van der Waals surface area contributed by atoms with E-state index in [4.69, 9.17) is 33.8 Å². The average Bonchev–Trinajstić information content (AvgIpc) is 0.898. The van der Waals surface area contributed by atoms with Gasteiger partial charge in [-0.1, -0.05) is 0 Å². The fraction of sp³-hybridized carbons (Fsp3) is 0.425.